The van der Waals surface area contributed by atoms with Gasteiger partial charge < -0.3 is 24.3 Å². The highest BCUT2D eigenvalue weighted by Crippen LogP contribution is 2.38. The van der Waals surface area contributed by atoms with Crippen LogP contribution in [0.3, 0.4) is 0 Å². The Kier molecular flexibility index (Phi) is 7.18. The number of benzene rings is 1. The Labute approximate surface area is 143 Å². The van der Waals surface area contributed by atoms with Crippen LogP contribution in [0.25, 0.3) is 0 Å². The molecule has 2 rings (SSSR count). The fraction of sp³-hybridized carbons (Fsp3) is 0.611. The van der Waals surface area contributed by atoms with E-state index in [1.165, 1.54) is 0 Å². The number of nitrogens with one attached hydrogen (secondary N) is 1. The van der Waals surface area contributed by atoms with E-state index >= 15 is 0 Å². The molecule has 1 aromatic rings. The number of hydrogen-bond acceptors (Lipinski definition) is 6. The largest absolute Gasteiger partial charge is 0.493 e. The average Bonchev–Trinajstić information content (AvgIpc) is 2.64. The maximum atomic E-state index is 12.0. The molecule has 0 radical (unpaired) electrons. The highest BCUT2D eigenvalue weighted by Gasteiger charge is 2.21. The summed E-state index contributed by atoms with van der Waals surface area (Å²) in [5.41, 5.74) is 1.05. The number of esters is 1. The predicted molar refractivity (Wildman–Crippen MR) is 91.0 cm³/mol. The molecule has 0 aromatic heterocycles. The summed E-state index contributed by atoms with van der Waals surface area (Å²) in [7, 11) is 4.78. The lowest BCUT2D eigenvalue weighted by Crippen LogP contribution is -2.41. The summed E-state index contributed by atoms with van der Waals surface area (Å²) >= 11 is 0. The van der Waals surface area contributed by atoms with Crippen molar-refractivity contribution in [1.82, 2.24) is 5.32 Å². The van der Waals surface area contributed by atoms with E-state index < -0.39 is 0 Å². The molecule has 1 atom stereocenters. The zero-order valence-electron chi connectivity index (χ0n) is 14.7. The van der Waals surface area contributed by atoms with Crippen molar-refractivity contribution in [1.29, 1.82) is 0 Å². The molecule has 1 fully saturated rings. The van der Waals surface area contributed by atoms with Gasteiger partial charge in [0.2, 0.25) is 5.75 Å². The lowest BCUT2D eigenvalue weighted by Gasteiger charge is -2.21. The standard InChI is InChI=1S/C18H27NO5/c1-21-15-11-13(12-16(22-2)17(15)23-3)7-6-10-24-18(20)14-8-4-5-9-19-14/h11-12,14,19H,4-10H2,1-3H3. The molecule has 1 N–H and O–H groups in total. The number of ether oxygens (including phenoxy) is 4. The van der Waals surface area contributed by atoms with Gasteiger partial charge in [-0.1, -0.05) is 6.42 Å². The Balaban J connectivity index is 1.84. The Bertz CT molecular complexity index is 515. The second kappa shape index (κ2) is 9.37. The highest BCUT2D eigenvalue weighted by atomic mass is 16.5. The van der Waals surface area contributed by atoms with Gasteiger partial charge >= 0.3 is 5.97 Å². The van der Waals surface area contributed by atoms with Crippen molar-refractivity contribution in [2.75, 3.05) is 34.5 Å². The molecule has 1 unspecified atom stereocenters. The molecule has 1 aliphatic heterocycles. The van der Waals surface area contributed by atoms with Gasteiger partial charge in [0, 0.05) is 0 Å². The van der Waals surface area contributed by atoms with Crippen molar-refractivity contribution in [2.45, 2.75) is 38.1 Å². The number of piperidine rings is 1. The number of carbonyl (C=O) groups excluding carboxylic acids is 1. The second-order valence-electron chi connectivity index (χ2n) is 5.81. The fourth-order valence-corrected chi connectivity index (χ4v) is 2.88. The van der Waals surface area contributed by atoms with Crippen LogP contribution in [-0.4, -0.2) is 46.5 Å². The number of aryl methyl sites for hydroxylation is 1. The summed E-state index contributed by atoms with van der Waals surface area (Å²) in [4.78, 5) is 12.0. The predicted octanol–water partition coefficient (Wildman–Crippen LogP) is 2.33. The van der Waals surface area contributed by atoms with Crippen LogP contribution in [0, 0.1) is 0 Å². The lowest BCUT2D eigenvalue weighted by atomic mass is 10.1. The minimum atomic E-state index is -0.139. The van der Waals surface area contributed by atoms with Crippen molar-refractivity contribution in [3.05, 3.63) is 17.7 Å². The summed E-state index contributed by atoms with van der Waals surface area (Å²) in [6, 6.07) is 3.71. The van der Waals surface area contributed by atoms with Crippen LogP contribution in [0.2, 0.25) is 0 Å². The van der Waals surface area contributed by atoms with Crippen LogP contribution in [0.1, 0.15) is 31.2 Å². The molecule has 0 amide bonds. The molecular formula is C18H27NO5. The van der Waals surface area contributed by atoms with Gasteiger partial charge in [0.05, 0.1) is 27.9 Å². The Morgan fingerprint density at radius 1 is 1.12 bits per heavy atom. The number of hydrogen-bond donors (Lipinski definition) is 1. The van der Waals surface area contributed by atoms with Gasteiger partial charge in [-0.25, -0.2) is 0 Å². The van der Waals surface area contributed by atoms with E-state index in [0.717, 1.165) is 44.2 Å². The van der Waals surface area contributed by atoms with Gasteiger partial charge in [0.25, 0.3) is 0 Å². The normalized spacial score (nSPS) is 17.2. The summed E-state index contributed by atoms with van der Waals surface area (Å²) in [6.45, 7) is 1.30. The number of methoxy groups -OCH3 is 3. The number of rotatable bonds is 8. The second-order valence-corrected chi connectivity index (χ2v) is 5.81. The van der Waals surface area contributed by atoms with E-state index in [1.807, 2.05) is 12.1 Å². The van der Waals surface area contributed by atoms with Crippen molar-refractivity contribution in [3.8, 4) is 17.2 Å². The third-order valence-corrected chi connectivity index (χ3v) is 4.17. The monoisotopic (exact) mass is 337 g/mol. The fourth-order valence-electron chi connectivity index (χ4n) is 2.88. The smallest absolute Gasteiger partial charge is 0.323 e. The first kappa shape index (κ1) is 18.4. The molecule has 0 bridgehead atoms. The highest BCUT2D eigenvalue weighted by molar-refractivity contribution is 5.75. The maximum Gasteiger partial charge on any atom is 0.323 e. The summed E-state index contributed by atoms with van der Waals surface area (Å²) in [5.74, 6) is 1.71. The molecule has 6 nitrogen and oxygen atoms in total. The van der Waals surface area contributed by atoms with Crippen molar-refractivity contribution in [3.63, 3.8) is 0 Å². The Morgan fingerprint density at radius 2 is 1.83 bits per heavy atom. The summed E-state index contributed by atoms with van der Waals surface area (Å²) in [5, 5.41) is 3.20. The minimum Gasteiger partial charge on any atom is -0.493 e. The number of carbonyl (C=O) groups is 1. The van der Waals surface area contributed by atoms with Crippen LogP contribution in [0.15, 0.2) is 12.1 Å². The van der Waals surface area contributed by atoms with Crippen molar-refractivity contribution >= 4 is 5.97 Å². The van der Waals surface area contributed by atoms with Gasteiger partial charge in [-0.3, -0.25) is 4.79 Å². The molecule has 0 spiro atoms. The molecule has 1 heterocycles. The summed E-state index contributed by atoms with van der Waals surface area (Å²) in [6.07, 6.45) is 4.59. The van der Waals surface area contributed by atoms with Gasteiger partial charge in [-0.15, -0.1) is 0 Å². The first-order chi connectivity index (χ1) is 11.7. The molecule has 1 aromatic carbocycles. The first-order valence-electron chi connectivity index (χ1n) is 8.38. The van der Waals surface area contributed by atoms with Crippen LogP contribution < -0.4 is 19.5 Å². The zero-order valence-corrected chi connectivity index (χ0v) is 14.7. The van der Waals surface area contributed by atoms with Crippen molar-refractivity contribution in [2.24, 2.45) is 0 Å². The molecule has 24 heavy (non-hydrogen) atoms. The van der Waals surface area contributed by atoms with Gasteiger partial charge in [0.1, 0.15) is 6.04 Å². The van der Waals surface area contributed by atoms with Crippen LogP contribution in [0.5, 0.6) is 17.2 Å². The van der Waals surface area contributed by atoms with Crippen LogP contribution in [0.4, 0.5) is 0 Å². The van der Waals surface area contributed by atoms with Gasteiger partial charge in [0.15, 0.2) is 11.5 Å². The van der Waals surface area contributed by atoms with E-state index in [-0.39, 0.29) is 12.0 Å². The SMILES string of the molecule is COc1cc(CCCOC(=O)C2CCCCN2)cc(OC)c1OC. The van der Waals surface area contributed by atoms with Gasteiger partial charge in [-0.2, -0.15) is 0 Å². The third-order valence-electron chi connectivity index (χ3n) is 4.17. The summed E-state index contributed by atoms with van der Waals surface area (Å²) < 4.78 is 21.4. The van der Waals surface area contributed by atoms with E-state index in [4.69, 9.17) is 18.9 Å². The first-order valence-corrected chi connectivity index (χ1v) is 8.38. The van der Waals surface area contributed by atoms with E-state index in [9.17, 15) is 4.79 Å². The zero-order chi connectivity index (χ0) is 17.4. The molecule has 1 saturated heterocycles. The molecule has 0 aliphatic carbocycles. The Hall–Kier alpha value is -1.95. The molecule has 0 saturated carbocycles. The minimum absolute atomic E-state index is 0.139. The van der Waals surface area contributed by atoms with Crippen LogP contribution in [-0.2, 0) is 16.0 Å². The maximum absolute atomic E-state index is 12.0. The lowest BCUT2D eigenvalue weighted by molar-refractivity contribution is -0.146. The molecule has 6 heteroatoms. The average molecular weight is 337 g/mol. The van der Waals surface area contributed by atoms with E-state index in [1.54, 1.807) is 21.3 Å². The quantitative estimate of drug-likeness (QED) is 0.580. The third kappa shape index (κ3) is 4.77. The molecule has 1 aliphatic rings. The Morgan fingerprint density at radius 3 is 2.38 bits per heavy atom. The van der Waals surface area contributed by atoms with E-state index in [2.05, 4.69) is 5.32 Å². The molecular weight excluding hydrogens is 310 g/mol. The van der Waals surface area contributed by atoms with Gasteiger partial charge in [-0.05, 0) is 49.9 Å². The van der Waals surface area contributed by atoms with E-state index in [0.29, 0.717) is 23.9 Å². The topological polar surface area (TPSA) is 66.0 Å². The van der Waals surface area contributed by atoms with Crippen molar-refractivity contribution < 1.29 is 23.7 Å². The molecule has 134 valence electrons. The van der Waals surface area contributed by atoms with Crippen LogP contribution >= 0.6 is 0 Å².